The molecule has 0 rings (SSSR count). The highest BCUT2D eigenvalue weighted by Crippen LogP contribution is 2.67. The van der Waals surface area contributed by atoms with Gasteiger partial charge in [-0.05, 0) is 6.92 Å². The maximum Gasteiger partial charge on any atom is 0.470 e. The van der Waals surface area contributed by atoms with Gasteiger partial charge in [0.15, 0.2) is 30.9 Å². The Kier molecular flexibility index (Phi) is 16.1. The Morgan fingerprint density at radius 3 is 1.32 bits per heavy atom. The third-order valence-electron chi connectivity index (χ3n) is 7.09. The van der Waals surface area contributed by atoms with E-state index < -0.39 is 135 Å². The van der Waals surface area contributed by atoms with Gasteiger partial charge >= 0.3 is 61.4 Å². The molecule has 0 aromatic heterocycles. The molecule has 340 valence electrons. The zero-order valence-electron chi connectivity index (χ0n) is 26.4. The minimum Gasteiger partial charge on any atom is -0.459 e. The van der Waals surface area contributed by atoms with Crippen LogP contribution >= 0.6 is 7.82 Å². The van der Waals surface area contributed by atoms with E-state index in [0.29, 0.717) is 6.92 Å². The summed E-state index contributed by atoms with van der Waals surface area (Å²) in [4.78, 5) is 29.1. The van der Waals surface area contributed by atoms with Crippen molar-refractivity contribution in [2.24, 2.45) is 0 Å². The summed E-state index contributed by atoms with van der Waals surface area (Å²) in [6.07, 6.45) is -57.5. The molecule has 9 unspecified atom stereocenters. The molecule has 0 bridgehead atoms. The van der Waals surface area contributed by atoms with Crippen LogP contribution in [0.5, 0.6) is 0 Å². The second-order valence-electron chi connectivity index (χ2n) is 11.2. The van der Waals surface area contributed by atoms with Gasteiger partial charge in [-0.3, -0.25) is 4.52 Å². The van der Waals surface area contributed by atoms with E-state index in [9.17, 15) is 102 Å². The number of phosphoric acid groups is 1. The first-order chi connectivity index (χ1) is 24.8. The Morgan fingerprint density at radius 1 is 0.596 bits per heavy atom. The number of alkyl halides is 26. The fraction of sp³-hybridized carbons (Fsp3) is 0.870. The molecule has 0 aliphatic heterocycles. The predicted octanol–water partition coefficient (Wildman–Crippen LogP) is 7.96. The molecule has 0 radical (unpaired) electrons. The zero-order valence-corrected chi connectivity index (χ0v) is 27.3. The second kappa shape index (κ2) is 16.8. The van der Waals surface area contributed by atoms with Gasteiger partial charge < -0.3 is 19.6 Å². The van der Waals surface area contributed by atoms with Crippen molar-refractivity contribution in [3.8, 4) is 0 Å². The predicted molar refractivity (Wildman–Crippen MR) is 129 cm³/mol. The normalized spacial score (nSPS) is 20.2. The molecule has 57 heavy (non-hydrogen) atoms. The fourth-order valence-corrected chi connectivity index (χ4v) is 4.46. The molecule has 0 aromatic rings. The van der Waals surface area contributed by atoms with Crippen LogP contribution in [0.1, 0.15) is 6.92 Å². The molecular formula is C23H19F26O7P. The maximum absolute atomic E-state index is 16.1. The van der Waals surface area contributed by atoms with Crippen molar-refractivity contribution in [2.75, 3.05) is 6.61 Å². The van der Waals surface area contributed by atoms with E-state index in [0.717, 1.165) is 0 Å². The zero-order chi connectivity index (χ0) is 46.5. The summed E-state index contributed by atoms with van der Waals surface area (Å²) in [6.45, 7) is 0.739. The molecule has 0 saturated heterocycles. The summed E-state index contributed by atoms with van der Waals surface area (Å²) in [6, 6.07) is 0. The summed E-state index contributed by atoms with van der Waals surface area (Å²) in [5.41, 5.74) is -10.2. The quantitative estimate of drug-likeness (QED) is 0.0464. The van der Waals surface area contributed by atoms with Crippen LogP contribution in [-0.4, -0.2) is 136 Å². The lowest BCUT2D eigenvalue weighted by Gasteiger charge is -2.49. The van der Waals surface area contributed by atoms with Gasteiger partial charge in [0, 0.05) is 5.57 Å². The molecular weight excluding hydrogens is 913 g/mol. The molecule has 7 nitrogen and oxygen atoms in total. The third-order valence-corrected chi connectivity index (χ3v) is 7.60. The molecule has 0 fully saturated rings. The smallest absolute Gasteiger partial charge is 0.459 e. The standard InChI is InChI=1S/C23H19F26O7P/c1-4(2)14(51)55-3-5(50)10(56-57(52,53)54)12(29)15(32,17(35,36)16(33,34)11(28)8(26)6(24)7(25)9(27)13(30)31)18(37,38)19(39,40)20(41,42)21(43,44)22(45,46)23(47,48)49/h5-13,50H,1,3H2,2H3,(H2,52,53,54). The lowest BCUT2D eigenvalue weighted by molar-refractivity contribution is -0.462. The Morgan fingerprint density at radius 2 is 0.965 bits per heavy atom. The van der Waals surface area contributed by atoms with E-state index >= 15 is 26.3 Å². The molecule has 0 saturated carbocycles. The van der Waals surface area contributed by atoms with Gasteiger partial charge in [-0.1, -0.05) is 6.58 Å². The maximum atomic E-state index is 16.1. The van der Waals surface area contributed by atoms with Crippen molar-refractivity contribution in [1.29, 1.82) is 0 Å². The number of halogens is 26. The van der Waals surface area contributed by atoms with Crippen LogP contribution in [0.15, 0.2) is 12.2 Å². The Balaban J connectivity index is 8.44. The van der Waals surface area contributed by atoms with Crippen molar-refractivity contribution >= 4 is 13.8 Å². The summed E-state index contributed by atoms with van der Waals surface area (Å²) >= 11 is 0. The van der Waals surface area contributed by atoms with Crippen LogP contribution in [0.4, 0.5) is 114 Å². The van der Waals surface area contributed by atoms with Crippen LogP contribution in [0.2, 0.25) is 0 Å². The minimum atomic E-state index is -9.76. The van der Waals surface area contributed by atoms with E-state index in [4.69, 9.17) is 9.79 Å². The van der Waals surface area contributed by atoms with Crippen molar-refractivity contribution in [3.63, 3.8) is 0 Å². The topological polar surface area (TPSA) is 113 Å². The van der Waals surface area contributed by atoms with E-state index in [2.05, 4.69) is 15.8 Å². The highest BCUT2D eigenvalue weighted by Gasteiger charge is 2.97. The Bertz CT molecular complexity index is 1450. The number of aliphatic hydroxyl groups is 1. The highest BCUT2D eigenvalue weighted by molar-refractivity contribution is 7.46. The van der Waals surface area contributed by atoms with Crippen LogP contribution < -0.4 is 0 Å². The number of hydrogen-bond acceptors (Lipinski definition) is 5. The first-order valence-corrected chi connectivity index (χ1v) is 15.1. The molecule has 0 spiro atoms. The molecule has 0 aliphatic rings. The van der Waals surface area contributed by atoms with E-state index in [1.165, 1.54) is 0 Å². The molecule has 0 amide bonds. The number of ether oxygens (including phenoxy) is 1. The fourth-order valence-electron chi connectivity index (χ4n) is 3.89. The van der Waals surface area contributed by atoms with Gasteiger partial charge in [0.1, 0.15) is 18.8 Å². The molecule has 0 aromatic carbocycles. The number of carbonyl (C=O) groups is 1. The monoisotopic (exact) mass is 932 g/mol. The second-order valence-corrected chi connectivity index (χ2v) is 12.4. The summed E-state index contributed by atoms with van der Waals surface area (Å²) in [7, 11) is -7.23. The van der Waals surface area contributed by atoms with Crippen LogP contribution in [0, 0.1) is 0 Å². The summed E-state index contributed by atoms with van der Waals surface area (Å²) in [5, 5.41) is 9.83. The van der Waals surface area contributed by atoms with Gasteiger partial charge in [-0.25, -0.2) is 48.9 Å². The van der Waals surface area contributed by atoms with Gasteiger partial charge in [0.2, 0.25) is 6.17 Å². The van der Waals surface area contributed by atoms with Crippen LogP contribution in [-0.2, 0) is 18.6 Å². The van der Waals surface area contributed by atoms with Gasteiger partial charge in [-0.15, -0.1) is 0 Å². The van der Waals surface area contributed by atoms with Gasteiger partial charge in [-0.2, -0.15) is 74.6 Å². The van der Waals surface area contributed by atoms with E-state index in [1.54, 1.807) is 0 Å². The Hall–Kier alpha value is -2.54. The minimum absolute atomic E-state index is 0.590. The number of aliphatic hydroxyl groups excluding tert-OH is 1. The van der Waals surface area contributed by atoms with E-state index in [-0.39, 0.29) is 0 Å². The van der Waals surface area contributed by atoms with Crippen molar-refractivity contribution in [1.82, 2.24) is 0 Å². The summed E-state index contributed by atoms with van der Waals surface area (Å²) in [5.74, 6) is -67.2. The molecule has 3 N–H and O–H groups in total. The number of hydrogen-bond donors (Lipinski definition) is 3. The lowest BCUT2D eigenvalue weighted by Crippen LogP contribution is -2.81. The SMILES string of the molecule is C=C(C)C(=O)OCC(O)C(OP(=O)(O)O)C(F)C(F)(C(F)(F)C(F)(F)C(F)C(F)C(F)C(F)C(F)C(F)F)C(F)(F)C(F)(F)C(F)(F)C(F)(F)C(F)(F)C(F)(F)F. The number of rotatable bonds is 21. The molecule has 0 aliphatic carbocycles. The van der Waals surface area contributed by atoms with Crippen molar-refractivity contribution in [2.45, 2.75) is 116 Å². The van der Waals surface area contributed by atoms with E-state index in [1.807, 2.05) is 0 Å². The van der Waals surface area contributed by atoms with Gasteiger partial charge in [0.25, 0.3) is 12.1 Å². The largest absolute Gasteiger partial charge is 0.470 e. The first kappa shape index (κ1) is 54.5. The van der Waals surface area contributed by atoms with Crippen LogP contribution in [0.3, 0.4) is 0 Å². The summed E-state index contributed by atoms with van der Waals surface area (Å²) < 4.78 is 383. The molecule has 0 heterocycles. The van der Waals surface area contributed by atoms with Crippen LogP contribution in [0.25, 0.3) is 0 Å². The third kappa shape index (κ3) is 9.29. The average Bonchev–Trinajstić information content (AvgIpc) is 3.04. The molecule has 34 heteroatoms. The van der Waals surface area contributed by atoms with Gasteiger partial charge in [0.05, 0.1) is 0 Å². The highest BCUT2D eigenvalue weighted by atomic mass is 31.2. The van der Waals surface area contributed by atoms with Crippen molar-refractivity contribution < 1.29 is 148 Å². The molecule has 9 atom stereocenters. The van der Waals surface area contributed by atoms with Crippen molar-refractivity contribution in [3.05, 3.63) is 12.2 Å². The first-order valence-electron chi connectivity index (χ1n) is 13.5. The number of phosphoric ester groups is 1. The number of esters is 1. The Labute approximate surface area is 297 Å². The number of carbonyl (C=O) groups excluding carboxylic acids is 1. The lowest BCUT2D eigenvalue weighted by atomic mass is 9.73. The average molecular weight is 932 g/mol.